The number of anilines is 1. The number of nitrogens with one attached hydrogen (secondary N) is 2. The van der Waals surface area contributed by atoms with Gasteiger partial charge in [-0.1, -0.05) is 24.4 Å². The van der Waals surface area contributed by atoms with E-state index in [0.717, 1.165) is 0 Å². The molecule has 0 spiro atoms. The van der Waals surface area contributed by atoms with Gasteiger partial charge in [0.25, 0.3) is 5.91 Å². The van der Waals surface area contributed by atoms with Gasteiger partial charge in [-0.25, -0.2) is 4.98 Å². The van der Waals surface area contributed by atoms with Gasteiger partial charge in [0.2, 0.25) is 0 Å². The molecule has 6 heteroatoms. The third kappa shape index (κ3) is 3.38. The maximum Gasteiger partial charge on any atom is 0.253 e. The molecule has 1 aromatic heterocycles. The van der Waals surface area contributed by atoms with Crippen molar-refractivity contribution in [2.45, 2.75) is 30.4 Å². The van der Waals surface area contributed by atoms with Gasteiger partial charge in [0.15, 0.2) is 0 Å². The van der Waals surface area contributed by atoms with Crippen molar-refractivity contribution in [3.63, 3.8) is 0 Å². The van der Waals surface area contributed by atoms with Crippen molar-refractivity contribution in [1.29, 1.82) is 0 Å². The fraction of sp³-hybridized carbons (Fsp3) is 0.571. The van der Waals surface area contributed by atoms with Gasteiger partial charge in [0.05, 0.1) is 10.6 Å². The van der Waals surface area contributed by atoms with E-state index in [0.29, 0.717) is 22.9 Å². The molecular formula is C14H20ClN3OS. The summed E-state index contributed by atoms with van der Waals surface area (Å²) in [4.78, 5) is 16.4. The molecule has 0 unspecified atom stereocenters. The van der Waals surface area contributed by atoms with Crippen molar-refractivity contribution in [1.82, 2.24) is 10.3 Å². The molecule has 4 nitrogen and oxygen atoms in total. The van der Waals surface area contributed by atoms with Crippen molar-refractivity contribution < 1.29 is 4.79 Å². The summed E-state index contributed by atoms with van der Waals surface area (Å²) in [5.41, 5.74) is 0.472. The smallest absolute Gasteiger partial charge is 0.253 e. The number of carbonyl (C=O) groups excluding carboxylic acids is 1. The van der Waals surface area contributed by atoms with Gasteiger partial charge in [0, 0.05) is 24.5 Å². The van der Waals surface area contributed by atoms with Crippen LogP contribution in [0.2, 0.25) is 5.02 Å². The number of hydrogen-bond donors (Lipinski definition) is 2. The maximum atomic E-state index is 12.3. The lowest BCUT2D eigenvalue weighted by Crippen LogP contribution is -2.38. The van der Waals surface area contributed by atoms with E-state index in [4.69, 9.17) is 11.6 Å². The lowest BCUT2D eigenvalue weighted by Gasteiger charge is -2.27. The van der Waals surface area contributed by atoms with E-state index >= 15 is 0 Å². The zero-order valence-electron chi connectivity index (χ0n) is 11.8. The summed E-state index contributed by atoms with van der Waals surface area (Å²) in [5, 5.41) is 6.32. The van der Waals surface area contributed by atoms with Crippen LogP contribution in [0.1, 0.15) is 36.0 Å². The van der Waals surface area contributed by atoms with Gasteiger partial charge in [-0.15, -0.1) is 0 Å². The molecule has 0 atom stereocenters. The van der Waals surface area contributed by atoms with Crippen LogP contribution in [0.3, 0.4) is 0 Å². The summed E-state index contributed by atoms with van der Waals surface area (Å²) in [7, 11) is 1.76. The number of thioether (sulfide) groups is 1. The Bertz CT molecular complexity index is 489. The van der Waals surface area contributed by atoms with Crippen LogP contribution < -0.4 is 10.6 Å². The summed E-state index contributed by atoms with van der Waals surface area (Å²) in [5.74, 6) is 0.509. The van der Waals surface area contributed by atoms with Crippen LogP contribution in [-0.2, 0) is 0 Å². The third-order valence-electron chi connectivity index (χ3n) is 3.88. The second-order valence-corrected chi connectivity index (χ2v) is 6.76. The third-order valence-corrected chi connectivity index (χ3v) is 5.59. The number of nitrogens with zero attached hydrogens (tertiary/aromatic N) is 1. The summed E-state index contributed by atoms with van der Waals surface area (Å²) in [6.07, 6.45) is 8.45. The Morgan fingerprint density at radius 3 is 2.80 bits per heavy atom. The minimum atomic E-state index is -0.130. The number of amides is 1. The van der Waals surface area contributed by atoms with Gasteiger partial charge < -0.3 is 10.6 Å². The molecule has 110 valence electrons. The predicted molar refractivity (Wildman–Crippen MR) is 85.8 cm³/mol. The number of hydrogen-bond acceptors (Lipinski definition) is 4. The molecule has 1 saturated carbocycles. The fourth-order valence-electron chi connectivity index (χ4n) is 2.56. The van der Waals surface area contributed by atoms with E-state index < -0.39 is 0 Å². The number of aromatic nitrogens is 1. The molecule has 20 heavy (non-hydrogen) atoms. The Kier molecular flexibility index (Phi) is 5.16. The van der Waals surface area contributed by atoms with Crippen LogP contribution in [0, 0.1) is 0 Å². The van der Waals surface area contributed by atoms with Crippen molar-refractivity contribution in [2.24, 2.45) is 0 Å². The number of rotatable bonds is 5. The second-order valence-electron chi connectivity index (χ2n) is 5.08. The van der Waals surface area contributed by atoms with Crippen molar-refractivity contribution >= 4 is 35.1 Å². The molecular weight excluding hydrogens is 294 g/mol. The molecule has 0 radical (unpaired) electrons. The standard InChI is InChI=1S/C14H20ClN3OS/c1-16-12-7-10(11(15)8-17-12)13(19)18-9-14(20-2)5-3-4-6-14/h7-8H,3-6,9H2,1-2H3,(H,16,17)(H,18,19). The molecule has 2 rings (SSSR count). The van der Waals surface area contributed by atoms with Crippen LogP contribution in [0.15, 0.2) is 12.3 Å². The molecule has 0 aromatic carbocycles. The predicted octanol–water partition coefficient (Wildman–Crippen LogP) is 3.18. The Labute approximate surface area is 129 Å². The zero-order valence-corrected chi connectivity index (χ0v) is 13.4. The molecule has 0 saturated heterocycles. The van der Waals surface area contributed by atoms with Gasteiger partial charge in [0.1, 0.15) is 5.82 Å². The highest BCUT2D eigenvalue weighted by Gasteiger charge is 2.33. The number of pyridine rings is 1. The SMILES string of the molecule is CNc1cc(C(=O)NCC2(SC)CCCC2)c(Cl)cn1. The highest BCUT2D eigenvalue weighted by Crippen LogP contribution is 2.39. The second kappa shape index (κ2) is 6.68. The van der Waals surface area contributed by atoms with E-state index in [1.54, 1.807) is 13.1 Å². The molecule has 1 aliphatic rings. The van der Waals surface area contributed by atoms with Gasteiger partial charge in [-0.2, -0.15) is 11.8 Å². The van der Waals surface area contributed by atoms with E-state index in [1.165, 1.54) is 31.9 Å². The molecule has 1 fully saturated rings. The molecule has 1 amide bonds. The van der Waals surface area contributed by atoms with Crippen LogP contribution in [0.5, 0.6) is 0 Å². The first-order chi connectivity index (χ1) is 9.60. The summed E-state index contributed by atoms with van der Waals surface area (Å²) in [6.45, 7) is 0.695. The van der Waals surface area contributed by atoms with Crippen LogP contribution >= 0.6 is 23.4 Å². The first-order valence-corrected chi connectivity index (χ1v) is 8.37. The first kappa shape index (κ1) is 15.4. The van der Waals surface area contributed by atoms with Crippen LogP contribution in [0.25, 0.3) is 0 Å². The highest BCUT2D eigenvalue weighted by atomic mass is 35.5. The van der Waals surface area contributed by atoms with Gasteiger partial charge >= 0.3 is 0 Å². The molecule has 1 aliphatic carbocycles. The van der Waals surface area contributed by atoms with Crippen LogP contribution in [0.4, 0.5) is 5.82 Å². The van der Waals surface area contributed by atoms with Gasteiger partial charge in [-0.3, -0.25) is 4.79 Å². The van der Waals surface area contributed by atoms with Gasteiger partial charge in [-0.05, 0) is 25.2 Å². The van der Waals surface area contributed by atoms with E-state index in [1.807, 2.05) is 11.8 Å². The van der Waals surface area contributed by atoms with E-state index in [2.05, 4.69) is 21.9 Å². The summed E-state index contributed by atoms with van der Waals surface area (Å²) in [6, 6.07) is 1.68. The molecule has 1 aromatic rings. The Hall–Kier alpha value is -0.940. The minimum Gasteiger partial charge on any atom is -0.373 e. The average Bonchev–Trinajstić information content (AvgIpc) is 2.95. The molecule has 2 N–H and O–H groups in total. The highest BCUT2D eigenvalue weighted by molar-refractivity contribution is 8.00. The normalized spacial score (nSPS) is 16.9. The lowest BCUT2D eigenvalue weighted by molar-refractivity contribution is 0.0949. The van der Waals surface area contributed by atoms with Crippen molar-refractivity contribution in [3.8, 4) is 0 Å². The molecule has 0 aliphatic heterocycles. The first-order valence-electron chi connectivity index (χ1n) is 6.77. The fourth-order valence-corrected chi connectivity index (χ4v) is 3.66. The molecule has 1 heterocycles. The maximum absolute atomic E-state index is 12.3. The van der Waals surface area contributed by atoms with Crippen molar-refractivity contribution in [3.05, 3.63) is 22.8 Å². The lowest BCUT2D eigenvalue weighted by atomic mass is 10.1. The molecule has 0 bridgehead atoms. The zero-order chi connectivity index (χ0) is 14.6. The van der Waals surface area contributed by atoms with E-state index in [9.17, 15) is 4.79 Å². The number of halogens is 1. The number of carbonyl (C=O) groups is 1. The Morgan fingerprint density at radius 1 is 1.50 bits per heavy atom. The average molecular weight is 314 g/mol. The van der Waals surface area contributed by atoms with E-state index in [-0.39, 0.29) is 10.7 Å². The topological polar surface area (TPSA) is 54.0 Å². The minimum absolute atomic E-state index is 0.130. The largest absolute Gasteiger partial charge is 0.373 e. The monoisotopic (exact) mass is 313 g/mol. The summed E-state index contributed by atoms with van der Waals surface area (Å²) >= 11 is 7.91. The quantitative estimate of drug-likeness (QED) is 0.876. The summed E-state index contributed by atoms with van der Waals surface area (Å²) < 4.78 is 0.195. The Balaban J connectivity index is 2.04. The Morgan fingerprint density at radius 2 is 2.20 bits per heavy atom. The van der Waals surface area contributed by atoms with Crippen LogP contribution in [-0.4, -0.2) is 35.5 Å². The van der Waals surface area contributed by atoms with Crippen molar-refractivity contribution in [2.75, 3.05) is 25.2 Å².